The van der Waals surface area contributed by atoms with Gasteiger partial charge in [-0.15, -0.1) is 0 Å². The van der Waals surface area contributed by atoms with Crippen LogP contribution in [0.15, 0.2) is 24.3 Å². The van der Waals surface area contributed by atoms with E-state index < -0.39 is 0 Å². The van der Waals surface area contributed by atoms with Crippen molar-refractivity contribution in [3.63, 3.8) is 0 Å². The minimum atomic E-state index is 0.204. The van der Waals surface area contributed by atoms with Crippen molar-refractivity contribution in [3.8, 4) is 0 Å². The number of hydrogen-bond acceptors (Lipinski definition) is 3. The summed E-state index contributed by atoms with van der Waals surface area (Å²) in [5, 5.41) is 0. The number of pyridine rings is 1. The average Bonchev–Trinajstić information content (AvgIpc) is 2.71. The fourth-order valence-corrected chi connectivity index (χ4v) is 4.59. The van der Waals surface area contributed by atoms with Crippen molar-refractivity contribution in [2.45, 2.75) is 78.6 Å². The third-order valence-corrected chi connectivity index (χ3v) is 6.22. The number of ether oxygens (including phenoxy) is 1. The van der Waals surface area contributed by atoms with Crippen LogP contribution in [0.5, 0.6) is 0 Å². The first-order chi connectivity index (χ1) is 14.0. The zero-order valence-corrected chi connectivity index (χ0v) is 18.0. The van der Waals surface area contributed by atoms with Crippen LogP contribution in [0, 0.1) is 6.92 Å². The molecule has 0 saturated carbocycles. The molecule has 4 nitrogen and oxygen atoms in total. The van der Waals surface area contributed by atoms with Gasteiger partial charge in [-0.05, 0) is 48.9 Å². The number of nitrogens with zero attached hydrogens (tertiary/aromatic N) is 2. The second kappa shape index (κ2) is 8.66. The Balaban J connectivity index is 1.58. The quantitative estimate of drug-likeness (QED) is 0.761. The molecule has 2 aromatic rings. The number of amides is 1. The number of rotatable bonds is 5. The van der Waals surface area contributed by atoms with Gasteiger partial charge in [0.15, 0.2) is 0 Å². The lowest BCUT2D eigenvalue weighted by Crippen LogP contribution is -2.39. The number of benzene rings is 1. The van der Waals surface area contributed by atoms with Crippen LogP contribution in [-0.4, -0.2) is 28.4 Å². The number of aromatic nitrogens is 1. The Morgan fingerprint density at radius 3 is 2.93 bits per heavy atom. The van der Waals surface area contributed by atoms with Crippen LogP contribution < -0.4 is 0 Å². The van der Waals surface area contributed by atoms with Crippen molar-refractivity contribution in [2.75, 3.05) is 6.54 Å². The summed E-state index contributed by atoms with van der Waals surface area (Å²) >= 11 is 0. The molecule has 0 saturated heterocycles. The lowest BCUT2D eigenvalue weighted by atomic mass is 9.89. The number of carbonyl (C=O) groups is 1. The van der Waals surface area contributed by atoms with Gasteiger partial charge in [0, 0.05) is 37.3 Å². The van der Waals surface area contributed by atoms with E-state index in [9.17, 15) is 4.79 Å². The largest absolute Gasteiger partial charge is 0.373 e. The number of aryl methyl sites for hydroxylation is 2. The highest BCUT2D eigenvalue weighted by atomic mass is 16.5. The van der Waals surface area contributed by atoms with Crippen molar-refractivity contribution >= 4 is 5.91 Å². The second-order valence-corrected chi connectivity index (χ2v) is 8.60. The predicted octanol–water partition coefficient (Wildman–Crippen LogP) is 4.32. The molecule has 0 radical (unpaired) electrons. The third-order valence-electron chi connectivity index (χ3n) is 6.22. The molecule has 1 aromatic carbocycles. The maximum absolute atomic E-state index is 13.0. The van der Waals surface area contributed by atoms with E-state index in [0.29, 0.717) is 19.6 Å². The van der Waals surface area contributed by atoms with Crippen LogP contribution in [0.25, 0.3) is 0 Å². The molecule has 0 N–H and O–H groups in total. The Morgan fingerprint density at radius 1 is 1.28 bits per heavy atom. The smallest absolute Gasteiger partial charge is 0.227 e. The van der Waals surface area contributed by atoms with Gasteiger partial charge in [-0.3, -0.25) is 9.78 Å². The van der Waals surface area contributed by atoms with E-state index >= 15 is 0 Å². The summed E-state index contributed by atoms with van der Waals surface area (Å²) < 4.78 is 6.00. The first kappa shape index (κ1) is 20.1. The summed E-state index contributed by atoms with van der Waals surface area (Å²) in [6.45, 7) is 8.52. The molecular formula is C25H32N2O2. The maximum atomic E-state index is 13.0. The van der Waals surface area contributed by atoms with Crippen molar-refractivity contribution in [1.82, 2.24) is 9.88 Å². The van der Waals surface area contributed by atoms with Gasteiger partial charge in [-0.2, -0.15) is 0 Å². The molecular weight excluding hydrogens is 360 g/mol. The number of fused-ring (bicyclic) bond motifs is 3. The topological polar surface area (TPSA) is 42.4 Å². The molecule has 2 aliphatic heterocycles. The Bertz CT molecular complexity index is 906. The molecule has 1 aromatic heterocycles. The van der Waals surface area contributed by atoms with Crippen molar-refractivity contribution in [2.24, 2.45) is 0 Å². The lowest BCUT2D eigenvalue weighted by molar-refractivity contribution is -0.131. The minimum absolute atomic E-state index is 0.204. The monoisotopic (exact) mass is 392 g/mol. The van der Waals surface area contributed by atoms with E-state index in [0.717, 1.165) is 31.4 Å². The predicted molar refractivity (Wildman–Crippen MR) is 115 cm³/mol. The van der Waals surface area contributed by atoms with Crippen LogP contribution in [0.3, 0.4) is 0 Å². The molecule has 0 fully saturated rings. The Hall–Kier alpha value is -2.20. The minimum Gasteiger partial charge on any atom is -0.373 e. The highest BCUT2D eigenvalue weighted by Gasteiger charge is 2.29. The maximum Gasteiger partial charge on any atom is 0.227 e. The van der Waals surface area contributed by atoms with E-state index in [-0.39, 0.29) is 12.0 Å². The highest BCUT2D eigenvalue weighted by molar-refractivity contribution is 5.79. The number of carbonyl (C=O) groups excluding carboxylic acids is 1. The van der Waals surface area contributed by atoms with Crippen LogP contribution in [0.4, 0.5) is 0 Å². The standard InChI is InChI=1S/C25H32N2O2/c1-4-5-9-23-20-13-18(3)29-16-22(20)21-15-27(11-10-24(21)26-23)25(28)14-19-8-6-7-17(2)12-19/h6-8,12,18H,4-5,9-11,13-16H2,1-3H3/t18-/m0/s1. The average molecular weight is 393 g/mol. The summed E-state index contributed by atoms with van der Waals surface area (Å²) in [5.41, 5.74) is 8.70. The van der Waals surface area contributed by atoms with Gasteiger partial charge in [0.2, 0.25) is 5.91 Å². The van der Waals surface area contributed by atoms with Gasteiger partial charge in [-0.25, -0.2) is 0 Å². The van der Waals surface area contributed by atoms with Crippen LogP contribution in [-0.2, 0) is 48.4 Å². The van der Waals surface area contributed by atoms with E-state index in [1.165, 1.54) is 46.5 Å². The Kier molecular flexibility index (Phi) is 6.00. The molecule has 4 heteroatoms. The van der Waals surface area contributed by atoms with Gasteiger partial charge in [-0.1, -0.05) is 43.2 Å². The molecule has 0 spiro atoms. The lowest BCUT2D eigenvalue weighted by Gasteiger charge is -2.34. The van der Waals surface area contributed by atoms with E-state index in [2.05, 4.69) is 32.9 Å². The van der Waals surface area contributed by atoms with Crippen molar-refractivity contribution in [3.05, 3.63) is 63.5 Å². The summed E-state index contributed by atoms with van der Waals surface area (Å²) in [5.74, 6) is 0.204. The highest BCUT2D eigenvalue weighted by Crippen LogP contribution is 2.32. The SMILES string of the molecule is CCCCc1nc2c(c3c1C[C@H](C)OC3)CN(C(=O)Cc1cccc(C)c1)CC2. The molecule has 1 amide bonds. The van der Waals surface area contributed by atoms with Gasteiger partial charge in [0.25, 0.3) is 0 Å². The Labute approximate surface area is 174 Å². The van der Waals surface area contributed by atoms with E-state index in [1.807, 2.05) is 17.0 Å². The van der Waals surface area contributed by atoms with Crippen LogP contribution in [0.1, 0.15) is 65.9 Å². The van der Waals surface area contributed by atoms with Crippen LogP contribution in [0.2, 0.25) is 0 Å². The van der Waals surface area contributed by atoms with Gasteiger partial charge < -0.3 is 9.64 Å². The third kappa shape index (κ3) is 4.37. The summed E-state index contributed by atoms with van der Waals surface area (Å²) in [7, 11) is 0. The van der Waals surface area contributed by atoms with E-state index in [4.69, 9.17) is 9.72 Å². The summed E-state index contributed by atoms with van der Waals surface area (Å²) in [6, 6.07) is 8.25. The van der Waals surface area contributed by atoms with Gasteiger partial charge in [0.05, 0.1) is 19.1 Å². The fourth-order valence-electron chi connectivity index (χ4n) is 4.59. The zero-order valence-electron chi connectivity index (χ0n) is 18.0. The first-order valence-electron chi connectivity index (χ1n) is 11.0. The first-order valence-corrected chi connectivity index (χ1v) is 11.0. The van der Waals surface area contributed by atoms with Gasteiger partial charge in [0.1, 0.15) is 0 Å². The molecule has 154 valence electrons. The normalized spacial score (nSPS) is 18.3. The van der Waals surface area contributed by atoms with Crippen molar-refractivity contribution in [1.29, 1.82) is 0 Å². The number of unbranched alkanes of at least 4 members (excludes halogenated alkanes) is 1. The summed E-state index contributed by atoms with van der Waals surface area (Å²) in [4.78, 5) is 20.1. The number of hydrogen-bond donors (Lipinski definition) is 0. The molecule has 4 rings (SSSR count). The fraction of sp³-hybridized carbons (Fsp3) is 0.520. The molecule has 0 aliphatic carbocycles. The van der Waals surface area contributed by atoms with Crippen molar-refractivity contribution < 1.29 is 9.53 Å². The van der Waals surface area contributed by atoms with E-state index in [1.54, 1.807) is 0 Å². The molecule has 2 aliphatic rings. The van der Waals surface area contributed by atoms with Gasteiger partial charge >= 0.3 is 0 Å². The molecule has 0 unspecified atom stereocenters. The van der Waals surface area contributed by atoms with Crippen LogP contribution >= 0.6 is 0 Å². The molecule has 0 bridgehead atoms. The molecule has 29 heavy (non-hydrogen) atoms. The summed E-state index contributed by atoms with van der Waals surface area (Å²) in [6.07, 6.45) is 5.90. The second-order valence-electron chi connectivity index (χ2n) is 8.60. The molecule has 1 atom stereocenters. The zero-order chi connectivity index (χ0) is 20.4. The Morgan fingerprint density at radius 2 is 2.14 bits per heavy atom. The molecule has 3 heterocycles.